The van der Waals surface area contributed by atoms with Crippen molar-refractivity contribution in [1.82, 2.24) is 14.7 Å². The lowest BCUT2D eigenvalue weighted by Gasteiger charge is -2.30. The van der Waals surface area contributed by atoms with Crippen LogP contribution in [0.15, 0.2) is 0 Å². The van der Waals surface area contributed by atoms with Crippen LogP contribution in [0.2, 0.25) is 5.15 Å². The first-order chi connectivity index (χ1) is 8.54. The number of carbonyl (C=O) groups excluding carboxylic acids is 1. The van der Waals surface area contributed by atoms with Crippen molar-refractivity contribution in [2.75, 3.05) is 13.1 Å². The molecule has 0 aromatic carbocycles. The molecule has 2 N–H and O–H groups in total. The molecule has 1 aromatic rings. The summed E-state index contributed by atoms with van der Waals surface area (Å²) in [5.41, 5.74) is 7.11. The highest BCUT2D eigenvalue weighted by Crippen LogP contribution is 2.23. The Morgan fingerprint density at radius 3 is 2.89 bits per heavy atom. The van der Waals surface area contributed by atoms with Crippen LogP contribution in [0.3, 0.4) is 0 Å². The van der Waals surface area contributed by atoms with Crippen LogP contribution in [-0.2, 0) is 6.54 Å². The summed E-state index contributed by atoms with van der Waals surface area (Å²) in [7, 11) is 0. The number of hydrogen-bond donors (Lipinski definition) is 1. The van der Waals surface area contributed by atoms with Crippen molar-refractivity contribution in [2.45, 2.75) is 39.3 Å². The van der Waals surface area contributed by atoms with E-state index >= 15 is 0 Å². The number of nitrogens with zero attached hydrogens (tertiary/aromatic N) is 3. The number of carbonyl (C=O) groups is 1. The maximum Gasteiger partial charge on any atom is 0.258 e. The Kier molecular flexibility index (Phi) is 3.92. The fourth-order valence-corrected chi connectivity index (χ4v) is 2.73. The predicted molar refractivity (Wildman–Crippen MR) is 70.8 cm³/mol. The number of aryl methyl sites for hydroxylation is 2. The van der Waals surface area contributed by atoms with Crippen LogP contribution in [0.4, 0.5) is 0 Å². The lowest BCUT2D eigenvalue weighted by atomic mass is 10.1. The molecule has 1 amide bonds. The summed E-state index contributed by atoms with van der Waals surface area (Å²) in [6.07, 6.45) is 1.93. The second kappa shape index (κ2) is 5.28. The third-order valence-electron chi connectivity index (χ3n) is 3.32. The van der Waals surface area contributed by atoms with E-state index in [4.69, 9.17) is 17.3 Å². The largest absolute Gasteiger partial charge is 0.337 e. The number of piperidine rings is 1. The van der Waals surface area contributed by atoms with Crippen LogP contribution >= 0.6 is 11.6 Å². The summed E-state index contributed by atoms with van der Waals surface area (Å²) in [5.74, 6) is -0.0487. The van der Waals surface area contributed by atoms with Crippen LogP contribution in [0, 0.1) is 6.92 Å². The molecule has 5 nitrogen and oxygen atoms in total. The van der Waals surface area contributed by atoms with Crippen molar-refractivity contribution in [3.63, 3.8) is 0 Å². The van der Waals surface area contributed by atoms with Gasteiger partial charge in [0.15, 0.2) is 0 Å². The minimum absolute atomic E-state index is 0.0487. The zero-order chi connectivity index (χ0) is 13.3. The Morgan fingerprint density at radius 2 is 2.33 bits per heavy atom. The van der Waals surface area contributed by atoms with E-state index in [0.29, 0.717) is 29.5 Å². The van der Waals surface area contributed by atoms with Crippen LogP contribution in [0.1, 0.15) is 35.8 Å². The summed E-state index contributed by atoms with van der Waals surface area (Å²) in [5, 5.41) is 4.70. The van der Waals surface area contributed by atoms with Crippen molar-refractivity contribution >= 4 is 17.5 Å². The highest BCUT2D eigenvalue weighted by molar-refractivity contribution is 6.33. The van der Waals surface area contributed by atoms with E-state index in [9.17, 15) is 4.79 Å². The van der Waals surface area contributed by atoms with Gasteiger partial charge in [-0.25, -0.2) is 0 Å². The summed E-state index contributed by atoms with van der Waals surface area (Å²) in [4.78, 5) is 14.2. The van der Waals surface area contributed by atoms with E-state index in [1.807, 2.05) is 13.8 Å². The summed E-state index contributed by atoms with van der Waals surface area (Å²) < 4.78 is 1.65. The van der Waals surface area contributed by atoms with Gasteiger partial charge in [-0.3, -0.25) is 9.48 Å². The SMILES string of the molecule is CCn1nc(C)c(C(=O)N2CCCC(N)C2)c1Cl. The monoisotopic (exact) mass is 270 g/mol. The second-order valence-corrected chi connectivity index (χ2v) is 5.08. The standard InChI is InChI=1S/C12H19ClN4O/c1-3-17-11(13)10(8(2)15-17)12(18)16-6-4-5-9(14)7-16/h9H,3-7,14H2,1-2H3. The topological polar surface area (TPSA) is 64.2 Å². The first-order valence-corrected chi connectivity index (χ1v) is 6.70. The van der Waals surface area contributed by atoms with Gasteiger partial charge in [0, 0.05) is 25.7 Å². The van der Waals surface area contributed by atoms with Gasteiger partial charge in [0.2, 0.25) is 0 Å². The zero-order valence-electron chi connectivity index (χ0n) is 10.8. The van der Waals surface area contributed by atoms with Crippen molar-refractivity contribution in [1.29, 1.82) is 0 Å². The molecule has 1 saturated heterocycles. The van der Waals surface area contributed by atoms with Gasteiger partial charge in [-0.05, 0) is 26.7 Å². The number of nitrogens with two attached hydrogens (primary N) is 1. The highest BCUT2D eigenvalue weighted by Gasteiger charge is 2.27. The number of hydrogen-bond acceptors (Lipinski definition) is 3. The maximum atomic E-state index is 12.4. The molecule has 6 heteroatoms. The number of amides is 1. The van der Waals surface area contributed by atoms with Gasteiger partial charge in [0.05, 0.1) is 11.3 Å². The van der Waals surface area contributed by atoms with Crippen molar-refractivity contribution < 1.29 is 4.79 Å². The lowest BCUT2D eigenvalue weighted by molar-refractivity contribution is 0.0708. The van der Waals surface area contributed by atoms with E-state index in [2.05, 4.69) is 5.10 Å². The minimum atomic E-state index is -0.0487. The van der Waals surface area contributed by atoms with Gasteiger partial charge in [0.25, 0.3) is 5.91 Å². The molecular formula is C12H19ClN4O. The molecule has 0 spiro atoms. The Bertz CT molecular complexity index is 457. The minimum Gasteiger partial charge on any atom is -0.337 e. The Morgan fingerprint density at radius 1 is 1.61 bits per heavy atom. The first kappa shape index (κ1) is 13.4. The van der Waals surface area contributed by atoms with Crippen molar-refractivity contribution in [2.24, 2.45) is 5.73 Å². The van der Waals surface area contributed by atoms with Crippen molar-refractivity contribution in [3.8, 4) is 0 Å². The molecule has 1 aliphatic heterocycles. The van der Waals surface area contributed by atoms with Crippen LogP contribution in [0.5, 0.6) is 0 Å². The molecule has 0 aliphatic carbocycles. The molecule has 100 valence electrons. The molecule has 0 saturated carbocycles. The molecular weight excluding hydrogens is 252 g/mol. The normalized spacial score (nSPS) is 20.2. The van der Waals surface area contributed by atoms with Crippen LogP contribution < -0.4 is 5.73 Å². The van der Waals surface area contributed by atoms with Crippen LogP contribution in [-0.4, -0.2) is 39.7 Å². The number of aromatic nitrogens is 2. The van der Waals surface area contributed by atoms with Gasteiger partial charge >= 0.3 is 0 Å². The Hall–Kier alpha value is -1.07. The molecule has 0 bridgehead atoms. The Labute approximate surface area is 112 Å². The Balaban J connectivity index is 2.25. The molecule has 1 unspecified atom stereocenters. The fraction of sp³-hybridized carbons (Fsp3) is 0.667. The van der Waals surface area contributed by atoms with Gasteiger partial charge in [-0.2, -0.15) is 5.10 Å². The van der Waals surface area contributed by atoms with Gasteiger partial charge in [0.1, 0.15) is 5.15 Å². The zero-order valence-corrected chi connectivity index (χ0v) is 11.6. The molecule has 1 fully saturated rings. The van der Waals surface area contributed by atoms with Crippen LogP contribution in [0.25, 0.3) is 0 Å². The quantitative estimate of drug-likeness (QED) is 0.884. The summed E-state index contributed by atoms with van der Waals surface area (Å²) >= 11 is 6.20. The number of halogens is 1. The summed E-state index contributed by atoms with van der Waals surface area (Å²) in [6, 6.07) is 0.0722. The summed E-state index contributed by atoms with van der Waals surface area (Å²) in [6.45, 7) is 5.77. The molecule has 2 heterocycles. The smallest absolute Gasteiger partial charge is 0.258 e. The van der Waals surface area contributed by atoms with E-state index in [1.54, 1.807) is 9.58 Å². The van der Waals surface area contributed by atoms with Crippen molar-refractivity contribution in [3.05, 3.63) is 16.4 Å². The third-order valence-corrected chi connectivity index (χ3v) is 3.71. The first-order valence-electron chi connectivity index (χ1n) is 6.32. The van der Waals surface area contributed by atoms with Gasteiger partial charge in [-0.15, -0.1) is 0 Å². The molecule has 1 aliphatic rings. The van der Waals surface area contributed by atoms with E-state index in [1.165, 1.54) is 0 Å². The number of likely N-dealkylation sites (tertiary alicyclic amines) is 1. The fourth-order valence-electron chi connectivity index (χ4n) is 2.36. The third kappa shape index (κ3) is 2.37. The maximum absolute atomic E-state index is 12.4. The number of rotatable bonds is 2. The molecule has 18 heavy (non-hydrogen) atoms. The average Bonchev–Trinajstić information content (AvgIpc) is 2.63. The van der Waals surface area contributed by atoms with E-state index in [0.717, 1.165) is 19.4 Å². The highest BCUT2D eigenvalue weighted by atomic mass is 35.5. The molecule has 1 atom stereocenters. The lowest BCUT2D eigenvalue weighted by Crippen LogP contribution is -2.45. The van der Waals surface area contributed by atoms with E-state index in [-0.39, 0.29) is 11.9 Å². The van der Waals surface area contributed by atoms with E-state index < -0.39 is 0 Å². The van der Waals surface area contributed by atoms with Gasteiger partial charge in [-0.1, -0.05) is 11.6 Å². The average molecular weight is 271 g/mol. The second-order valence-electron chi connectivity index (χ2n) is 4.72. The molecule has 1 aromatic heterocycles. The predicted octanol–water partition coefficient (Wildman–Crippen LogP) is 1.43. The molecule has 0 radical (unpaired) electrons. The molecule has 2 rings (SSSR count). The van der Waals surface area contributed by atoms with Gasteiger partial charge < -0.3 is 10.6 Å².